The van der Waals surface area contributed by atoms with Crippen LogP contribution < -0.4 is 10.5 Å². The van der Waals surface area contributed by atoms with E-state index in [0.29, 0.717) is 6.54 Å². The SMILES string of the molecule is Cc1cc(Cl)cc(C)c1Oc1cc(Br)ccc1CN. The molecule has 0 amide bonds. The Hall–Kier alpha value is -1.03. The van der Waals surface area contributed by atoms with Crippen molar-refractivity contribution < 1.29 is 4.74 Å². The number of aryl methyl sites for hydroxylation is 2. The van der Waals surface area contributed by atoms with Crippen LogP contribution in [-0.2, 0) is 6.54 Å². The summed E-state index contributed by atoms with van der Waals surface area (Å²) in [7, 11) is 0. The minimum atomic E-state index is 0.439. The third-order valence-corrected chi connectivity index (χ3v) is 3.60. The second kappa shape index (κ2) is 5.95. The predicted molar refractivity (Wildman–Crippen MR) is 83.0 cm³/mol. The van der Waals surface area contributed by atoms with Gasteiger partial charge in [0.1, 0.15) is 11.5 Å². The van der Waals surface area contributed by atoms with Crippen LogP contribution in [0.4, 0.5) is 0 Å². The fraction of sp³-hybridized carbons (Fsp3) is 0.200. The third-order valence-electron chi connectivity index (χ3n) is 2.89. The largest absolute Gasteiger partial charge is 0.456 e. The maximum absolute atomic E-state index is 6.03. The summed E-state index contributed by atoms with van der Waals surface area (Å²) >= 11 is 9.47. The molecule has 0 aliphatic heterocycles. The van der Waals surface area contributed by atoms with Gasteiger partial charge in [-0.15, -0.1) is 0 Å². The number of nitrogens with two attached hydrogens (primary N) is 1. The van der Waals surface area contributed by atoms with Crippen LogP contribution in [0.25, 0.3) is 0 Å². The van der Waals surface area contributed by atoms with Gasteiger partial charge in [-0.3, -0.25) is 0 Å². The first-order valence-corrected chi connectivity index (χ1v) is 7.11. The van der Waals surface area contributed by atoms with Crippen LogP contribution >= 0.6 is 27.5 Å². The average molecular weight is 341 g/mol. The van der Waals surface area contributed by atoms with E-state index in [9.17, 15) is 0 Å². The molecule has 2 nitrogen and oxygen atoms in total. The maximum atomic E-state index is 6.03. The molecule has 0 saturated heterocycles. The average Bonchev–Trinajstić information content (AvgIpc) is 2.34. The lowest BCUT2D eigenvalue weighted by Gasteiger charge is -2.15. The highest BCUT2D eigenvalue weighted by Gasteiger charge is 2.10. The molecule has 0 spiro atoms. The van der Waals surface area contributed by atoms with E-state index in [0.717, 1.165) is 37.7 Å². The van der Waals surface area contributed by atoms with Crippen LogP contribution in [0.2, 0.25) is 5.02 Å². The fourth-order valence-corrected chi connectivity index (χ4v) is 2.63. The molecule has 2 aromatic carbocycles. The molecule has 2 N–H and O–H groups in total. The van der Waals surface area contributed by atoms with Gasteiger partial charge in [-0.1, -0.05) is 33.6 Å². The molecular weight excluding hydrogens is 326 g/mol. The molecule has 0 radical (unpaired) electrons. The van der Waals surface area contributed by atoms with Crippen LogP contribution in [0.1, 0.15) is 16.7 Å². The van der Waals surface area contributed by atoms with Crippen molar-refractivity contribution >= 4 is 27.5 Å². The Morgan fingerprint density at radius 3 is 2.37 bits per heavy atom. The summed E-state index contributed by atoms with van der Waals surface area (Å²) in [6.07, 6.45) is 0. The van der Waals surface area contributed by atoms with Crippen LogP contribution in [0.5, 0.6) is 11.5 Å². The molecule has 0 aliphatic carbocycles. The highest BCUT2D eigenvalue weighted by atomic mass is 79.9. The van der Waals surface area contributed by atoms with E-state index < -0.39 is 0 Å². The Morgan fingerprint density at radius 1 is 1.16 bits per heavy atom. The van der Waals surface area contributed by atoms with Gasteiger partial charge < -0.3 is 10.5 Å². The van der Waals surface area contributed by atoms with Crippen molar-refractivity contribution in [2.24, 2.45) is 5.73 Å². The van der Waals surface area contributed by atoms with Crippen molar-refractivity contribution in [3.63, 3.8) is 0 Å². The Morgan fingerprint density at radius 2 is 1.79 bits per heavy atom. The zero-order valence-electron chi connectivity index (χ0n) is 10.8. The van der Waals surface area contributed by atoms with Gasteiger partial charge in [-0.25, -0.2) is 0 Å². The van der Waals surface area contributed by atoms with Gasteiger partial charge in [0.25, 0.3) is 0 Å². The van der Waals surface area contributed by atoms with E-state index in [2.05, 4.69) is 15.9 Å². The van der Waals surface area contributed by atoms with E-state index in [1.54, 1.807) is 0 Å². The van der Waals surface area contributed by atoms with Gasteiger partial charge in [-0.05, 0) is 49.2 Å². The van der Waals surface area contributed by atoms with Crippen molar-refractivity contribution in [1.82, 2.24) is 0 Å². The highest BCUT2D eigenvalue weighted by Crippen LogP contribution is 2.34. The molecule has 2 rings (SSSR count). The Bertz CT molecular complexity index is 590. The van der Waals surface area contributed by atoms with Crippen molar-refractivity contribution in [3.05, 3.63) is 56.5 Å². The van der Waals surface area contributed by atoms with Gasteiger partial charge in [0.05, 0.1) is 0 Å². The molecule has 0 fully saturated rings. The molecule has 0 saturated carbocycles. The van der Waals surface area contributed by atoms with Crippen molar-refractivity contribution in [3.8, 4) is 11.5 Å². The molecule has 19 heavy (non-hydrogen) atoms. The Kier molecular flexibility index (Phi) is 4.50. The van der Waals surface area contributed by atoms with E-state index in [4.69, 9.17) is 22.1 Å². The normalized spacial score (nSPS) is 10.6. The van der Waals surface area contributed by atoms with E-state index in [1.807, 2.05) is 44.2 Å². The smallest absolute Gasteiger partial charge is 0.133 e. The molecule has 0 heterocycles. The van der Waals surface area contributed by atoms with Crippen molar-refractivity contribution in [1.29, 1.82) is 0 Å². The number of hydrogen-bond acceptors (Lipinski definition) is 2. The number of rotatable bonds is 3. The zero-order valence-corrected chi connectivity index (χ0v) is 13.2. The summed E-state index contributed by atoms with van der Waals surface area (Å²) in [5.41, 5.74) is 8.72. The number of halogens is 2. The first-order valence-electron chi connectivity index (χ1n) is 5.94. The predicted octanol–water partition coefficient (Wildman–Crippen LogP) is 4.97. The lowest BCUT2D eigenvalue weighted by atomic mass is 10.1. The van der Waals surface area contributed by atoms with Crippen LogP contribution in [0, 0.1) is 13.8 Å². The summed E-state index contributed by atoms with van der Waals surface area (Å²) in [5, 5.41) is 0.718. The molecule has 0 aliphatic rings. The van der Waals surface area contributed by atoms with Crippen molar-refractivity contribution in [2.45, 2.75) is 20.4 Å². The Labute approximate surface area is 126 Å². The number of ether oxygens (including phenoxy) is 1. The highest BCUT2D eigenvalue weighted by molar-refractivity contribution is 9.10. The molecule has 4 heteroatoms. The van der Waals surface area contributed by atoms with Gasteiger partial charge in [0.15, 0.2) is 0 Å². The van der Waals surface area contributed by atoms with E-state index >= 15 is 0 Å². The van der Waals surface area contributed by atoms with Gasteiger partial charge in [0.2, 0.25) is 0 Å². The van der Waals surface area contributed by atoms with Crippen LogP contribution in [-0.4, -0.2) is 0 Å². The van der Waals surface area contributed by atoms with Gasteiger partial charge >= 0.3 is 0 Å². The summed E-state index contributed by atoms with van der Waals surface area (Å²) in [5.74, 6) is 1.60. The molecular formula is C15H15BrClNO. The summed E-state index contributed by atoms with van der Waals surface area (Å²) in [4.78, 5) is 0. The van der Waals surface area contributed by atoms with Gasteiger partial charge in [0, 0.05) is 21.6 Å². The standard InChI is InChI=1S/C15H15BrClNO/c1-9-5-13(17)6-10(2)15(9)19-14-7-12(16)4-3-11(14)8-18/h3-7H,8,18H2,1-2H3. The maximum Gasteiger partial charge on any atom is 0.133 e. The van der Waals surface area contributed by atoms with Crippen LogP contribution in [0.3, 0.4) is 0 Å². The quantitative estimate of drug-likeness (QED) is 0.856. The number of benzene rings is 2. The topological polar surface area (TPSA) is 35.2 Å². The van der Waals surface area contributed by atoms with Crippen LogP contribution in [0.15, 0.2) is 34.8 Å². The van der Waals surface area contributed by atoms with Crippen molar-refractivity contribution in [2.75, 3.05) is 0 Å². The zero-order chi connectivity index (χ0) is 14.0. The van der Waals surface area contributed by atoms with Gasteiger partial charge in [-0.2, -0.15) is 0 Å². The van der Waals surface area contributed by atoms with E-state index in [-0.39, 0.29) is 0 Å². The summed E-state index contributed by atoms with van der Waals surface area (Å²) < 4.78 is 6.99. The number of hydrogen-bond donors (Lipinski definition) is 1. The lowest BCUT2D eigenvalue weighted by Crippen LogP contribution is -2.00. The second-order valence-corrected chi connectivity index (χ2v) is 5.78. The summed E-state index contributed by atoms with van der Waals surface area (Å²) in [6.45, 7) is 4.40. The molecule has 100 valence electrons. The Balaban J connectivity index is 2.44. The van der Waals surface area contributed by atoms with E-state index in [1.165, 1.54) is 0 Å². The third kappa shape index (κ3) is 3.30. The molecule has 0 bridgehead atoms. The lowest BCUT2D eigenvalue weighted by molar-refractivity contribution is 0.469. The first-order chi connectivity index (χ1) is 9.01. The summed E-state index contributed by atoms with van der Waals surface area (Å²) in [6, 6.07) is 9.63. The second-order valence-electron chi connectivity index (χ2n) is 4.43. The molecule has 0 unspecified atom stereocenters. The monoisotopic (exact) mass is 339 g/mol. The molecule has 0 atom stereocenters. The minimum absolute atomic E-state index is 0.439. The fourth-order valence-electron chi connectivity index (χ4n) is 1.96. The molecule has 0 aromatic heterocycles. The molecule has 2 aromatic rings. The minimum Gasteiger partial charge on any atom is -0.456 e. The first kappa shape index (κ1) is 14.4.